The molecule has 144 valence electrons. The highest BCUT2D eigenvalue weighted by atomic mass is 32.2. The van der Waals surface area contributed by atoms with Crippen LogP contribution in [0, 0.1) is 17.0 Å². The molecule has 0 radical (unpaired) electrons. The first kappa shape index (κ1) is 18.3. The van der Waals surface area contributed by atoms with E-state index in [4.69, 9.17) is 0 Å². The minimum Gasteiger partial charge on any atom is -0.344 e. The maximum Gasteiger partial charge on any atom is 0.270 e. The molecule has 4 rings (SSSR count). The number of non-ortho nitro benzene ring substituents is 1. The van der Waals surface area contributed by atoms with Gasteiger partial charge in [-0.05, 0) is 25.3 Å². The van der Waals surface area contributed by atoms with Gasteiger partial charge in [0.15, 0.2) is 0 Å². The minimum atomic E-state index is -3.78. The highest BCUT2D eigenvalue weighted by molar-refractivity contribution is 7.89. The first-order valence-corrected chi connectivity index (χ1v) is 10.9. The van der Waals surface area contributed by atoms with Crippen molar-refractivity contribution in [3.8, 4) is 0 Å². The van der Waals surface area contributed by atoms with Crippen LogP contribution in [0.2, 0.25) is 0 Å². The molecule has 11 heteroatoms. The molecule has 2 aliphatic rings. The lowest BCUT2D eigenvalue weighted by molar-refractivity contribution is -0.385. The Bertz CT molecular complexity index is 978. The molecule has 0 N–H and O–H groups in total. The number of hydrogen-bond donors (Lipinski definition) is 0. The van der Waals surface area contributed by atoms with Crippen molar-refractivity contribution in [2.24, 2.45) is 0 Å². The Morgan fingerprint density at radius 2 is 1.93 bits per heavy atom. The van der Waals surface area contributed by atoms with Crippen molar-refractivity contribution in [2.75, 3.05) is 31.1 Å². The Kier molecular flexibility index (Phi) is 4.60. The number of aryl methyl sites for hydroxylation is 1. The van der Waals surface area contributed by atoms with Crippen molar-refractivity contribution in [3.63, 3.8) is 0 Å². The van der Waals surface area contributed by atoms with Gasteiger partial charge < -0.3 is 4.90 Å². The van der Waals surface area contributed by atoms with Gasteiger partial charge in [0.05, 0.1) is 9.82 Å². The molecule has 2 heterocycles. The molecule has 2 aromatic rings. The van der Waals surface area contributed by atoms with Crippen LogP contribution in [-0.4, -0.2) is 53.2 Å². The molecule has 27 heavy (non-hydrogen) atoms. The molecule has 0 amide bonds. The van der Waals surface area contributed by atoms with Crippen molar-refractivity contribution in [1.82, 2.24) is 13.7 Å². The van der Waals surface area contributed by atoms with Gasteiger partial charge in [-0.2, -0.15) is 8.68 Å². The number of rotatable bonds is 5. The fraction of sp³-hybridized carbons (Fsp3) is 0.500. The van der Waals surface area contributed by atoms with Crippen molar-refractivity contribution in [1.29, 1.82) is 0 Å². The third-order valence-corrected chi connectivity index (χ3v) is 7.71. The number of nitro benzene ring substituents is 1. The first-order chi connectivity index (χ1) is 12.9. The second-order valence-electron chi connectivity index (χ2n) is 6.81. The summed E-state index contributed by atoms with van der Waals surface area (Å²) in [5, 5.41) is 11.8. The Labute approximate surface area is 161 Å². The summed E-state index contributed by atoms with van der Waals surface area (Å²) < 4.78 is 31.8. The lowest BCUT2D eigenvalue weighted by atomic mass is 10.2. The van der Waals surface area contributed by atoms with Gasteiger partial charge in [-0.3, -0.25) is 10.1 Å². The maximum atomic E-state index is 13.0. The van der Waals surface area contributed by atoms with Crippen molar-refractivity contribution >= 4 is 32.4 Å². The molecule has 1 aliphatic carbocycles. The zero-order chi connectivity index (χ0) is 19.2. The molecule has 1 aromatic heterocycles. The van der Waals surface area contributed by atoms with Gasteiger partial charge in [0.2, 0.25) is 15.2 Å². The smallest absolute Gasteiger partial charge is 0.270 e. The molecule has 1 aromatic carbocycles. The fourth-order valence-corrected chi connectivity index (χ4v) is 5.57. The summed E-state index contributed by atoms with van der Waals surface area (Å²) in [5.74, 6) is 1.39. The second-order valence-corrected chi connectivity index (χ2v) is 9.44. The van der Waals surface area contributed by atoms with Crippen LogP contribution in [0.3, 0.4) is 0 Å². The van der Waals surface area contributed by atoms with Gasteiger partial charge in [-0.1, -0.05) is 6.07 Å². The number of aromatic nitrogens is 2. The van der Waals surface area contributed by atoms with Crippen LogP contribution in [0.4, 0.5) is 10.8 Å². The van der Waals surface area contributed by atoms with Crippen LogP contribution in [0.25, 0.3) is 0 Å². The van der Waals surface area contributed by atoms with E-state index in [9.17, 15) is 18.5 Å². The lowest BCUT2D eigenvalue weighted by Gasteiger charge is -2.33. The Balaban J connectivity index is 1.49. The van der Waals surface area contributed by atoms with Gasteiger partial charge in [0.25, 0.3) is 5.69 Å². The quantitative estimate of drug-likeness (QED) is 0.550. The third kappa shape index (κ3) is 3.54. The zero-order valence-corrected chi connectivity index (χ0v) is 16.4. The van der Waals surface area contributed by atoms with E-state index in [1.807, 2.05) is 0 Å². The van der Waals surface area contributed by atoms with Gasteiger partial charge in [0.1, 0.15) is 5.82 Å². The third-order valence-electron chi connectivity index (χ3n) is 4.88. The average molecular weight is 409 g/mol. The van der Waals surface area contributed by atoms with Crippen LogP contribution in [0.5, 0.6) is 0 Å². The van der Waals surface area contributed by atoms with Crippen LogP contribution < -0.4 is 4.90 Å². The molecule has 0 bridgehead atoms. The topological polar surface area (TPSA) is 110 Å². The van der Waals surface area contributed by atoms with E-state index in [0.717, 1.165) is 29.9 Å². The predicted octanol–water partition coefficient (Wildman–Crippen LogP) is 2.14. The molecule has 1 saturated carbocycles. The average Bonchev–Trinajstić information content (AvgIpc) is 3.39. The summed E-state index contributed by atoms with van der Waals surface area (Å²) >= 11 is 1.36. The van der Waals surface area contributed by atoms with E-state index in [-0.39, 0.29) is 10.6 Å². The molecule has 1 aliphatic heterocycles. The number of anilines is 1. The summed E-state index contributed by atoms with van der Waals surface area (Å²) in [6.07, 6.45) is 2.29. The summed E-state index contributed by atoms with van der Waals surface area (Å²) in [7, 11) is -3.78. The Morgan fingerprint density at radius 1 is 1.22 bits per heavy atom. The highest BCUT2D eigenvalue weighted by Gasteiger charge is 2.33. The van der Waals surface area contributed by atoms with Crippen LogP contribution in [-0.2, 0) is 10.0 Å². The van der Waals surface area contributed by atoms with E-state index in [2.05, 4.69) is 14.3 Å². The minimum absolute atomic E-state index is 0.00270. The van der Waals surface area contributed by atoms with Crippen molar-refractivity contribution in [2.45, 2.75) is 30.6 Å². The van der Waals surface area contributed by atoms with Crippen LogP contribution in [0.15, 0.2) is 23.1 Å². The van der Waals surface area contributed by atoms with Crippen LogP contribution >= 0.6 is 11.5 Å². The van der Waals surface area contributed by atoms with E-state index in [1.54, 1.807) is 6.92 Å². The van der Waals surface area contributed by atoms with E-state index in [1.165, 1.54) is 28.0 Å². The monoisotopic (exact) mass is 409 g/mol. The number of benzene rings is 1. The number of sulfonamides is 1. The lowest BCUT2D eigenvalue weighted by Crippen LogP contribution is -2.48. The Hall–Kier alpha value is -2.11. The number of nitrogens with zero attached hydrogens (tertiary/aromatic N) is 5. The molecule has 9 nitrogen and oxygen atoms in total. The second kappa shape index (κ2) is 6.80. The van der Waals surface area contributed by atoms with Gasteiger partial charge >= 0.3 is 0 Å². The predicted molar refractivity (Wildman–Crippen MR) is 101 cm³/mol. The molecule has 2 fully saturated rings. The summed E-state index contributed by atoms with van der Waals surface area (Å²) in [6.45, 7) is 3.30. The zero-order valence-electron chi connectivity index (χ0n) is 14.7. The Morgan fingerprint density at radius 3 is 2.56 bits per heavy atom. The SMILES string of the molecule is Cc1ccc([N+](=O)[O-])cc1S(=O)(=O)N1CCN(c2nc(C3CC3)ns2)CC1. The van der Waals surface area contributed by atoms with Crippen molar-refractivity contribution in [3.05, 3.63) is 39.7 Å². The fourth-order valence-electron chi connectivity index (χ4n) is 3.10. The summed E-state index contributed by atoms with van der Waals surface area (Å²) in [6, 6.07) is 3.94. The molecule has 0 unspecified atom stereocenters. The number of hydrogen-bond acceptors (Lipinski definition) is 8. The van der Waals surface area contributed by atoms with Gasteiger partial charge in [0, 0.05) is 55.8 Å². The van der Waals surface area contributed by atoms with E-state index < -0.39 is 14.9 Å². The maximum absolute atomic E-state index is 13.0. The number of nitro groups is 1. The van der Waals surface area contributed by atoms with E-state index in [0.29, 0.717) is 37.7 Å². The highest BCUT2D eigenvalue weighted by Crippen LogP contribution is 2.39. The summed E-state index contributed by atoms with van der Waals surface area (Å²) in [4.78, 5) is 17.0. The molecular formula is C16H19N5O4S2. The van der Waals surface area contributed by atoms with E-state index >= 15 is 0 Å². The standard InChI is InChI=1S/C16H19N5O4S2/c1-11-2-5-13(21(22)23)10-14(11)27(24,25)20-8-6-19(7-9-20)16-17-15(18-26-16)12-3-4-12/h2,5,10,12H,3-4,6-9H2,1H3. The first-order valence-electron chi connectivity index (χ1n) is 8.70. The van der Waals surface area contributed by atoms with Gasteiger partial charge in [-0.15, -0.1) is 0 Å². The molecule has 0 spiro atoms. The number of piperazine rings is 1. The molecule has 0 atom stereocenters. The summed E-state index contributed by atoms with van der Waals surface area (Å²) in [5.41, 5.74) is 0.278. The van der Waals surface area contributed by atoms with Crippen molar-refractivity contribution < 1.29 is 13.3 Å². The van der Waals surface area contributed by atoms with Crippen LogP contribution in [0.1, 0.15) is 30.1 Å². The molecular weight excluding hydrogens is 390 g/mol. The van der Waals surface area contributed by atoms with Gasteiger partial charge in [-0.25, -0.2) is 13.4 Å². The molecule has 1 saturated heterocycles. The largest absolute Gasteiger partial charge is 0.344 e. The normalized spacial score (nSPS) is 18.6.